The summed E-state index contributed by atoms with van der Waals surface area (Å²) in [5.41, 5.74) is 15.9. The molecule has 0 fully saturated rings. The molecule has 2 nitrogen and oxygen atoms in total. The molecule has 0 aliphatic carbocycles. The lowest BCUT2D eigenvalue weighted by atomic mass is 9.79. The van der Waals surface area contributed by atoms with E-state index in [0.29, 0.717) is 0 Å². The van der Waals surface area contributed by atoms with Crippen molar-refractivity contribution in [1.82, 2.24) is 4.57 Å². The lowest BCUT2D eigenvalue weighted by Crippen LogP contribution is -2.16. The Labute approximate surface area is 288 Å². The lowest BCUT2D eigenvalue weighted by molar-refractivity contribution is 0.646. The van der Waals surface area contributed by atoms with Gasteiger partial charge in [0, 0.05) is 39.1 Å². The van der Waals surface area contributed by atoms with E-state index in [0.717, 1.165) is 17.1 Å². The molecule has 0 spiro atoms. The molecule has 1 aliphatic heterocycles. The lowest BCUT2D eigenvalue weighted by Gasteiger charge is -2.26. The summed E-state index contributed by atoms with van der Waals surface area (Å²) in [6.45, 7) is 4.76. The predicted octanol–water partition coefficient (Wildman–Crippen LogP) is 12.7. The fourth-order valence-electron chi connectivity index (χ4n) is 7.78. The van der Waals surface area contributed by atoms with Gasteiger partial charge in [-0.1, -0.05) is 141 Å². The van der Waals surface area contributed by atoms with E-state index in [1.54, 1.807) is 0 Å². The smallest absolute Gasteiger partial charge is 0.0538 e. The van der Waals surface area contributed by atoms with Gasteiger partial charge in [0.2, 0.25) is 0 Å². The molecule has 49 heavy (non-hydrogen) atoms. The highest BCUT2D eigenvalue weighted by Crippen LogP contribution is 2.52. The second-order valence-electron chi connectivity index (χ2n) is 13.4. The summed E-state index contributed by atoms with van der Waals surface area (Å²) >= 11 is 0. The van der Waals surface area contributed by atoms with Crippen LogP contribution in [0.5, 0.6) is 0 Å². The summed E-state index contributed by atoms with van der Waals surface area (Å²) in [4.78, 5) is 2.33. The fraction of sp³-hybridized carbons (Fsp3) is 0.0638. The van der Waals surface area contributed by atoms with Gasteiger partial charge in [-0.2, -0.15) is 0 Å². The van der Waals surface area contributed by atoms with Crippen LogP contribution in [0.1, 0.15) is 25.1 Å². The van der Waals surface area contributed by atoms with Gasteiger partial charge in [-0.25, -0.2) is 0 Å². The van der Waals surface area contributed by atoms with Crippen molar-refractivity contribution < 1.29 is 0 Å². The minimum Gasteiger partial charge on any atom is -0.312 e. The van der Waals surface area contributed by atoms with Crippen molar-refractivity contribution in [2.75, 3.05) is 4.90 Å². The van der Waals surface area contributed by atoms with Crippen LogP contribution in [-0.4, -0.2) is 4.57 Å². The number of anilines is 3. The summed E-state index contributed by atoms with van der Waals surface area (Å²) in [5, 5.41) is 1.31. The van der Waals surface area contributed by atoms with E-state index < -0.39 is 0 Å². The summed E-state index contributed by atoms with van der Waals surface area (Å²) in [7, 11) is 0. The Balaban J connectivity index is 1.10. The topological polar surface area (TPSA) is 8.17 Å². The average molecular weight is 629 g/mol. The normalized spacial score (nSPS) is 12.9. The number of para-hydroxylation sites is 2. The van der Waals surface area contributed by atoms with Crippen LogP contribution in [0.4, 0.5) is 17.1 Å². The van der Waals surface area contributed by atoms with Gasteiger partial charge < -0.3 is 9.47 Å². The zero-order valence-electron chi connectivity index (χ0n) is 27.7. The molecule has 9 rings (SSSR count). The van der Waals surface area contributed by atoms with E-state index in [-0.39, 0.29) is 5.41 Å². The van der Waals surface area contributed by atoms with Crippen molar-refractivity contribution in [1.29, 1.82) is 0 Å². The third kappa shape index (κ3) is 4.79. The van der Waals surface area contributed by atoms with E-state index >= 15 is 0 Å². The number of hydrogen-bond acceptors (Lipinski definition) is 1. The van der Waals surface area contributed by atoms with E-state index in [2.05, 4.69) is 205 Å². The summed E-state index contributed by atoms with van der Waals surface area (Å²) in [6.07, 6.45) is 0. The number of rotatable bonds is 6. The first-order valence-electron chi connectivity index (χ1n) is 17.0. The first-order chi connectivity index (χ1) is 24.1. The fourth-order valence-corrected chi connectivity index (χ4v) is 7.78. The molecule has 0 atom stereocenters. The Morgan fingerprint density at radius 2 is 0.898 bits per heavy atom. The third-order valence-electron chi connectivity index (χ3n) is 10.1. The zero-order valence-corrected chi connectivity index (χ0v) is 27.7. The van der Waals surface area contributed by atoms with Crippen molar-refractivity contribution in [2.45, 2.75) is 19.3 Å². The van der Waals surface area contributed by atoms with Crippen LogP contribution in [0.2, 0.25) is 0 Å². The van der Waals surface area contributed by atoms with Crippen LogP contribution in [-0.2, 0) is 5.41 Å². The van der Waals surface area contributed by atoms with Gasteiger partial charge in [0.25, 0.3) is 0 Å². The zero-order chi connectivity index (χ0) is 33.0. The highest BCUT2D eigenvalue weighted by molar-refractivity contribution is 6.01. The molecule has 7 aromatic carbocycles. The molecule has 0 unspecified atom stereocenters. The van der Waals surface area contributed by atoms with Crippen LogP contribution >= 0.6 is 0 Å². The van der Waals surface area contributed by atoms with Crippen LogP contribution in [0.15, 0.2) is 182 Å². The third-order valence-corrected chi connectivity index (χ3v) is 10.1. The molecule has 1 aliphatic rings. The van der Waals surface area contributed by atoms with Gasteiger partial charge >= 0.3 is 0 Å². The van der Waals surface area contributed by atoms with Gasteiger partial charge in [0.1, 0.15) is 0 Å². The molecule has 0 N–H and O–H groups in total. The maximum absolute atomic E-state index is 2.50. The van der Waals surface area contributed by atoms with Crippen LogP contribution in [0, 0.1) is 0 Å². The van der Waals surface area contributed by atoms with E-state index in [1.165, 1.54) is 61.2 Å². The quantitative estimate of drug-likeness (QED) is 0.178. The molecule has 0 radical (unpaired) electrons. The van der Waals surface area contributed by atoms with Crippen molar-refractivity contribution >= 4 is 28.0 Å². The van der Waals surface area contributed by atoms with Crippen molar-refractivity contribution in [3.63, 3.8) is 0 Å². The van der Waals surface area contributed by atoms with Crippen molar-refractivity contribution in [2.24, 2.45) is 0 Å². The predicted molar refractivity (Wildman–Crippen MR) is 206 cm³/mol. The second kappa shape index (κ2) is 11.5. The molecule has 0 amide bonds. The Bertz CT molecular complexity index is 2420. The minimum atomic E-state index is -0.175. The van der Waals surface area contributed by atoms with E-state index in [9.17, 15) is 0 Å². The van der Waals surface area contributed by atoms with Gasteiger partial charge in [-0.3, -0.25) is 0 Å². The maximum Gasteiger partial charge on any atom is 0.0538 e. The number of aromatic nitrogens is 1. The Hall–Kier alpha value is -6.12. The molecule has 8 aromatic rings. The SMILES string of the molecule is CC1(C)c2cc(-c3ccc(N(c4ccccc4)c4ccc(-c5ccccc5)cc4)cc3)ccc2-n2c1c(-c1ccccc1)c1ccccc12. The number of hydrogen-bond donors (Lipinski definition) is 0. The Morgan fingerprint density at radius 3 is 1.53 bits per heavy atom. The van der Waals surface area contributed by atoms with Crippen LogP contribution < -0.4 is 4.90 Å². The monoisotopic (exact) mass is 628 g/mol. The molecule has 0 saturated heterocycles. The highest BCUT2D eigenvalue weighted by atomic mass is 15.1. The van der Waals surface area contributed by atoms with Gasteiger partial charge in [0.15, 0.2) is 0 Å². The highest BCUT2D eigenvalue weighted by Gasteiger charge is 2.40. The maximum atomic E-state index is 2.50. The van der Waals surface area contributed by atoms with Crippen LogP contribution in [0.25, 0.3) is 50.0 Å². The second-order valence-corrected chi connectivity index (χ2v) is 13.4. The minimum absolute atomic E-state index is 0.175. The largest absolute Gasteiger partial charge is 0.312 e. The van der Waals surface area contributed by atoms with Crippen molar-refractivity contribution in [3.8, 4) is 39.1 Å². The van der Waals surface area contributed by atoms with Gasteiger partial charge in [-0.05, 0) is 88.0 Å². The number of benzene rings is 7. The molecule has 0 saturated carbocycles. The summed E-state index contributed by atoms with van der Waals surface area (Å²) in [5.74, 6) is 0. The van der Waals surface area contributed by atoms with Gasteiger partial charge in [-0.15, -0.1) is 0 Å². The van der Waals surface area contributed by atoms with Crippen molar-refractivity contribution in [3.05, 3.63) is 193 Å². The molecule has 1 aromatic heterocycles. The molecule has 0 bridgehead atoms. The molecule has 234 valence electrons. The standard InChI is InChI=1S/C47H36N2/c1-47(2)42-32-37(26-31-44(42)49-43-21-13-12-20-41(43)45(46(47)49)36-16-8-4-9-17-36)35-24-29-40(30-25-35)48(38-18-10-5-11-19-38)39-27-22-34(23-28-39)33-14-6-3-7-15-33/h3-32H,1-2H3. The van der Waals surface area contributed by atoms with Crippen LogP contribution in [0.3, 0.4) is 0 Å². The number of nitrogens with zero attached hydrogens (tertiary/aromatic N) is 2. The Kier molecular flexibility index (Phi) is 6.84. The van der Waals surface area contributed by atoms with E-state index in [4.69, 9.17) is 0 Å². The first-order valence-corrected chi connectivity index (χ1v) is 17.0. The summed E-state index contributed by atoms with van der Waals surface area (Å²) < 4.78 is 2.50. The Morgan fingerprint density at radius 1 is 0.429 bits per heavy atom. The molecular weight excluding hydrogens is 593 g/mol. The van der Waals surface area contributed by atoms with Gasteiger partial charge in [0.05, 0.1) is 11.2 Å². The number of fused-ring (bicyclic) bond motifs is 5. The average Bonchev–Trinajstić information content (AvgIpc) is 3.63. The summed E-state index contributed by atoms with van der Waals surface area (Å²) in [6, 6.07) is 65.8. The molecular formula is C47H36N2. The first kappa shape index (κ1) is 29.1. The molecule has 2 heteroatoms. The molecule has 2 heterocycles. The van der Waals surface area contributed by atoms with E-state index in [1.807, 2.05) is 0 Å².